The lowest BCUT2D eigenvalue weighted by Crippen LogP contribution is -1.96. The van der Waals surface area contributed by atoms with E-state index >= 15 is 0 Å². The van der Waals surface area contributed by atoms with E-state index in [1.165, 1.54) is 0 Å². The van der Waals surface area contributed by atoms with E-state index in [0.29, 0.717) is 0 Å². The molecule has 48 heavy (non-hydrogen) atoms. The largest absolute Gasteiger partial charge is 0.327 e. The minimum Gasteiger partial charge on any atom is -0.327 e. The molecule has 6 heteroatoms. The van der Waals surface area contributed by atoms with Gasteiger partial charge < -0.3 is 4.57 Å². The van der Waals surface area contributed by atoms with Gasteiger partial charge in [0.15, 0.2) is 0 Å². The highest BCUT2D eigenvalue weighted by atomic mass is 15.1. The SMILES string of the molecule is Cn1c(-c2ccc(-c3cc(-c4cccnc4)c4ccc5c(-c6cccnc6)cc(-c6ccccc6)nc5c4n3)cc2)nc2ccccc21. The number of nitrogens with zero attached hydrogens (tertiary/aromatic N) is 6. The van der Waals surface area contributed by atoms with Gasteiger partial charge in [-0.3, -0.25) is 9.97 Å². The summed E-state index contributed by atoms with van der Waals surface area (Å²) in [7, 11) is 2.06. The maximum absolute atomic E-state index is 5.36. The Kier molecular flexibility index (Phi) is 6.57. The van der Waals surface area contributed by atoms with Gasteiger partial charge in [0.05, 0.1) is 33.5 Å². The molecule has 0 saturated carbocycles. The van der Waals surface area contributed by atoms with Gasteiger partial charge in [0.25, 0.3) is 0 Å². The molecule has 0 spiro atoms. The first-order valence-corrected chi connectivity index (χ1v) is 15.9. The van der Waals surface area contributed by atoms with Gasteiger partial charge in [-0.2, -0.15) is 0 Å². The first-order valence-electron chi connectivity index (χ1n) is 15.9. The first kappa shape index (κ1) is 27.8. The van der Waals surface area contributed by atoms with Crippen LogP contribution in [0.25, 0.3) is 89.0 Å². The summed E-state index contributed by atoms with van der Waals surface area (Å²) in [4.78, 5) is 24.5. The molecule has 0 atom stereocenters. The number of pyridine rings is 4. The van der Waals surface area contributed by atoms with Crippen molar-refractivity contribution < 1.29 is 0 Å². The lowest BCUT2D eigenvalue weighted by molar-refractivity contribution is 0.959. The molecule has 0 saturated heterocycles. The molecule has 9 aromatic rings. The van der Waals surface area contributed by atoms with Crippen molar-refractivity contribution in [2.75, 3.05) is 0 Å². The lowest BCUT2D eigenvalue weighted by atomic mass is 9.94. The van der Waals surface area contributed by atoms with Gasteiger partial charge in [0, 0.05) is 70.4 Å². The van der Waals surface area contributed by atoms with Gasteiger partial charge in [-0.25, -0.2) is 15.0 Å². The van der Waals surface area contributed by atoms with Gasteiger partial charge in [-0.05, 0) is 47.5 Å². The normalized spacial score (nSPS) is 11.4. The predicted molar refractivity (Wildman–Crippen MR) is 194 cm³/mol. The standard InChI is InChI=1S/C42H28N6/c1-48-39-14-6-5-13-36(39)47-42(48)29-17-15-28(16-18-29)38-24-35(31-12-8-22-44-26-31)33-20-19-32-34(30-11-7-21-43-25-30)23-37(27-9-3-2-4-10-27)45-40(32)41(33)46-38/h2-26H,1H3. The highest BCUT2D eigenvalue weighted by Crippen LogP contribution is 2.39. The number of aryl methyl sites for hydroxylation is 1. The highest BCUT2D eigenvalue weighted by Gasteiger charge is 2.18. The van der Waals surface area contributed by atoms with E-state index in [4.69, 9.17) is 15.0 Å². The molecule has 0 aliphatic carbocycles. The van der Waals surface area contributed by atoms with E-state index in [2.05, 4.69) is 100 Å². The minimum absolute atomic E-state index is 0.839. The van der Waals surface area contributed by atoms with Crippen LogP contribution in [0.5, 0.6) is 0 Å². The number of hydrogen-bond acceptors (Lipinski definition) is 5. The van der Waals surface area contributed by atoms with Crippen molar-refractivity contribution in [2.45, 2.75) is 0 Å². The molecule has 0 radical (unpaired) electrons. The average molecular weight is 617 g/mol. The predicted octanol–water partition coefficient (Wildman–Crippen LogP) is 9.79. The van der Waals surface area contributed by atoms with Gasteiger partial charge in [0.2, 0.25) is 0 Å². The third-order valence-corrected chi connectivity index (χ3v) is 9.00. The van der Waals surface area contributed by atoms with Crippen molar-refractivity contribution in [1.82, 2.24) is 29.5 Å². The number of imidazole rings is 1. The quantitative estimate of drug-likeness (QED) is 0.180. The van der Waals surface area contributed by atoms with Crippen LogP contribution in [0.15, 0.2) is 152 Å². The van der Waals surface area contributed by atoms with Crippen LogP contribution in [0.4, 0.5) is 0 Å². The van der Waals surface area contributed by atoms with E-state index in [9.17, 15) is 0 Å². The second kappa shape index (κ2) is 11.4. The zero-order chi connectivity index (χ0) is 32.0. The molecular weight excluding hydrogens is 589 g/mol. The van der Waals surface area contributed by atoms with Crippen molar-refractivity contribution in [3.8, 4) is 56.2 Å². The Hall–Kier alpha value is -6.53. The van der Waals surface area contributed by atoms with E-state index in [1.807, 2.05) is 60.9 Å². The molecule has 0 bridgehead atoms. The molecule has 0 fully saturated rings. The van der Waals surface area contributed by atoms with Gasteiger partial charge in [0.1, 0.15) is 5.82 Å². The molecule has 5 aromatic heterocycles. The van der Waals surface area contributed by atoms with Crippen LogP contribution < -0.4 is 0 Å². The van der Waals surface area contributed by atoms with Crippen molar-refractivity contribution in [3.05, 3.63) is 152 Å². The van der Waals surface area contributed by atoms with Crippen LogP contribution in [0, 0.1) is 0 Å². The Morgan fingerprint density at radius 2 is 0.979 bits per heavy atom. The van der Waals surface area contributed by atoms with Crippen LogP contribution in [0.1, 0.15) is 0 Å². The van der Waals surface area contributed by atoms with Crippen LogP contribution in [0.2, 0.25) is 0 Å². The van der Waals surface area contributed by atoms with E-state index < -0.39 is 0 Å². The molecule has 0 aliphatic heterocycles. The molecule has 5 heterocycles. The number of aromatic nitrogens is 6. The number of rotatable bonds is 5. The average Bonchev–Trinajstić information content (AvgIpc) is 3.51. The van der Waals surface area contributed by atoms with Crippen LogP contribution in [-0.2, 0) is 7.05 Å². The fourth-order valence-electron chi connectivity index (χ4n) is 6.60. The third-order valence-electron chi connectivity index (χ3n) is 9.00. The summed E-state index contributed by atoms with van der Waals surface area (Å²) >= 11 is 0. The zero-order valence-electron chi connectivity index (χ0n) is 26.1. The smallest absolute Gasteiger partial charge is 0.140 e. The van der Waals surface area contributed by atoms with Crippen molar-refractivity contribution in [3.63, 3.8) is 0 Å². The summed E-state index contributed by atoms with van der Waals surface area (Å²) in [6.07, 6.45) is 7.42. The maximum atomic E-state index is 5.36. The summed E-state index contributed by atoms with van der Waals surface area (Å²) in [5.41, 5.74) is 12.8. The summed E-state index contributed by atoms with van der Waals surface area (Å²) in [5.74, 6) is 0.928. The Morgan fingerprint density at radius 1 is 0.458 bits per heavy atom. The number of para-hydroxylation sites is 2. The zero-order valence-corrected chi connectivity index (χ0v) is 26.1. The minimum atomic E-state index is 0.839. The lowest BCUT2D eigenvalue weighted by Gasteiger charge is -2.15. The second-order valence-electron chi connectivity index (χ2n) is 11.9. The third kappa shape index (κ3) is 4.70. The van der Waals surface area contributed by atoms with Crippen molar-refractivity contribution in [1.29, 1.82) is 0 Å². The van der Waals surface area contributed by atoms with Crippen LogP contribution in [-0.4, -0.2) is 29.5 Å². The molecule has 0 amide bonds. The monoisotopic (exact) mass is 616 g/mol. The number of fused-ring (bicyclic) bond motifs is 4. The summed E-state index contributed by atoms with van der Waals surface area (Å²) in [6, 6.07) is 43.8. The summed E-state index contributed by atoms with van der Waals surface area (Å²) in [6.45, 7) is 0. The number of benzene rings is 4. The molecular formula is C42H28N6. The van der Waals surface area contributed by atoms with E-state index in [-0.39, 0.29) is 0 Å². The van der Waals surface area contributed by atoms with Gasteiger partial charge in [-0.1, -0.05) is 91.0 Å². The van der Waals surface area contributed by atoms with Crippen molar-refractivity contribution >= 4 is 32.8 Å². The molecule has 0 aliphatic rings. The van der Waals surface area contributed by atoms with Crippen LogP contribution >= 0.6 is 0 Å². The number of hydrogen-bond donors (Lipinski definition) is 0. The molecule has 6 nitrogen and oxygen atoms in total. The summed E-state index contributed by atoms with van der Waals surface area (Å²) in [5, 5.41) is 2.04. The first-order chi connectivity index (χ1) is 23.7. The van der Waals surface area contributed by atoms with E-state index in [1.54, 1.807) is 12.4 Å². The van der Waals surface area contributed by atoms with Gasteiger partial charge >= 0.3 is 0 Å². The topological polar surface area (TPSA) is 69.4 Å². The van der Waals surface area contributed by atoms with Crippen molar-refractivity contribution in [2.24, 2.45) is 7.05 Å². The second-order valence-corrected chi connectivity index (χ2v) is 11.9. The Bertz CT molecular complexity index is 2600. The molecule has 0 N–H and O–H groups in total. The molecule has 0 unspecified atom stereocenters. The molecule has 4 aromatic carbocycles. The van der Waals surface area contributed by atoms with E-state index in [0.717, 1.165) is 89.0 Å². The highest BCUT2D eigenvalue weighted by molar-refractivity contribution is 6.13. The molecule has 226 valence electrons. The maximum Gasteiger partial charge on any atom is 0.140 e. The fourth-order valence-corrected chi connectivity index (χ4v) is 6.60. The Labute approximate surface area is 277 Å². The Morgan fingerprint density at radius 3 is 1.54 bits per heavy atom. The fraction of sp³-hybridized carbons (Fsp3) is 0.0238. The summed E-state index contributed by atoms with van der Waals surface area (Å²) < 4.78 is 2.14. The van der Waals surface area contributed by atoms with Gasteiger partial charge in [-0.15, -0.1) is 0 Å². The molecule has 9 rings (SSSR count). The Balaban J connectivity index is 1.29. The van der Waals surface area contributed by atoms with Crippen LogP contribution in [0.3, 0.4) is 0 Å².